The smallest absolute Gasteiger partial charge is 0.243 e. The maximum Gasteiger partial charge on any atom is 0.243 e. The minimum Gasteiger partial charge on any atom is -0.493 e. The summed E-state index contributed by atoms with van der Waals surface area (Å²) in [5.74, 6) is 1.52. The van der Waals surface area contributed by atoms with E-state index in [4.69, 9.17) is 4.74 Å². The SMILES string of the molecule is CN(C)C(=O)CN=C(NCCc1ccccc1)NC1CCOc2ccccc21.I. The Labute approximate surface area is 189 Å². The molecule has 1 amide bonds. The van der Waals surface area contributed by atoms with Crippen LogP contribution in [0.15, 0.2) is 59.6 Å². The number of fused-ring (bicyclic) bond motifs is 1. The lowest BCUT2D eigenvalue weighted by molar-refractivity contribution is -0.127. The van der Waals surface area contributed by atoms with E-state index < -0.39 is 0 Å². The predicted octanol–water partition coefficient (Wildman–Crippen LogP) is 2.99. The fourth-order valence-electron chi connectivity index (χ4n) is 3.07. The van der Waals surface area contributed by atoms with Gasteiger partial charge in [-0.3, -0.25) is 4.79 Å². The molecule has 7 heteroatoms. The molecule has 0 saturated heterocycles. The van der Waals surface area contributed by atoms with Gasteiger partial charge >= 0.3 is 0 Å². The molecule has 0 bridgehead atoms. The van der Waals surface area contributed by atoms with E-state index in [0.29, 0.717) is 12.6 Å². The number of halogens is 1. The first-order chi connectivity index (χ1) is 13.6. The summed E-state index contributed by atoms with van der Waals surface area (Å²) in [6.45, 7) is 1.50. The van der Waals surface area contributed by atoms with Crippen LogP contribution in [0.5, 0.6) is 5.75 Å². The molecule has 1 aliphatic heterocycles. The molecule has 29 heavy (non-hydrogen) atoms. The Bertz CT molecular complexity index is 811. The number of amides is 1. The molecular formula is C22H29IN4O2. The third-order valence-electron chi connectivity index (χ3n) is 4.69. The van der Waals surface area contributed by atoms with Crippen LogP contribution in [0.25, 0.3) is 0 Å². The molecule has 0 spiro atoms. The van der Waals surface area contributed by atoms with Crippen LogP contribution in [-0.2, 0) is 11.2 Å². The fourth-order valence-corrected chi connectivity index (χ4v) is 3.07. The van der Waals surface area contributed by atoms with Gasteiger partial charge in [-0.15, -0.1) is 24.0 Å². The maximum atomic E-state index is 12.0. The van der Waals surface area contributed by atoms with Crippen LogP contribution in [0.3, 0.4) is 0 Å². The summed E-state index contributed by atoms with van der Waals surface area (Å²) >= 11 is 0. The summed E-state index contributed by atoms with van der Waals surface area (Å²) in [5, 5.41) is 6.85. The van der Waals surface area contributed by atoms with E-state index in [1.165, 1.54) is 5.56 Å². The predicted molar refractivity (Wildman–Crippen MR) is 127 cm³/mol. The Kier molecular flexibility index (Phi) is 9.24. The van der Waals surface area contributed by atoms with Gasteiger partial charge in [0.2, 0.25) is 5.91 Å². The lowest BCUT2D eigenvalue weighted by Gasteiger charge is -2.28. The van der Waals surface area contributed by atoms with Crippen molar-refractivity contribution < 1.29 is 9.53 Å². The lowest BCUT2D eigenvalue weighted by atomic mass is 10.0. The molecule has 1 heterocycles. The maximum absolute atomic E-state index is 12.0. The zero-order chi connectivity index (χ0) is 19.8. The standard InChI is InChI=1S/C22H28N4O2.HI/c1-26(2)21(27)16-24-22(23-14-12-17-8-4-3-5-9-17)25-19-13-15-28-20-11-7-6-10-18(19)20;/h3-11,19H,12-16H2,1-2H3,(H2,23,24,25);1H. The Balaban J connectivity index is 0.00000300. The highest BCUT2D eigenvalue weighted by molar-refractivity contribution is 14.0. The summed E-state index contributed by atoms with van der Waals surface area (Å²) < 4.78 is 5.74. The molecule has 156 valence electrons. The van der Waals surface area contributed by atoms with Gasteiger partial charge < -0.3 is 20.3 Å². The second kappa shape index (κ2) is 11.6. The van der Waals surface area contributed by atoms with Crippen LogP contribution in [-0.4, -0.2) is 50.6 Å². The minimum absolute atomic E-state index is 0. The largest absolute Gasteiger partial charge is 0.493 e. The van der Waals surface area contributed by atoms with Crippen molar-refractivity contribution in [3.8, 4) is 5.75 Å². The zero-order valence-electron chi connectivity index (χ0n) is 16.9. The van der Waals surface area contributed by atoms with Gasteiger partial charge in [-0.25, -0.2) is 4.99 Å². The number of hydrogen-bond donors (Lipinski definition) is 2. The second-order valence-corrected chi connectivity index (χ2v) is 6.99. The molecule has 0 fully saturated rings. The van der Waals surface area contributed by atoms with E-state index in [0.717, 1.165) is 30.7 Å². The monoisotopic (exact) mass is 508 g/mol. The molecule has 1 aliphatic rings. The molecule has 2 aromatic rings. The van der Waals surface area contributed by atoms with E-state index in [9.17, 15) is 4.79 Å². The van der Waals surface area contributed by atoms with Crippen molar-refractivity contribution in [3.05, 3.63) is 65.7 Å². The molecule has 0 aromatic heterocycles. The Morgan fingerprint density at radius 1 is 1.14 bits per heavy atom. The van der Waals surface area contributed by atoms with Crippen LogP contribution in [0, 0.1) is 0 Å². The highest BCUT2D eigenvalue weighted by atomic mass is 127. The van der Waals surface area contributed by atoms with E-state index in [1.807, 2.05) is 36.4 Å². The molecule has 3 rings (SSSR count). The van der Waals surface area contributed by atoms with Crippen LogP contribution in [0.1, 0.15) is 23.6 Å². The third-order valence-corrected chi connectivity index (χ3v) is 4.69. The third kappa shape index (κ3) is 6.92. The molecule has 2 N–H and O–H groups in total. The normalized spacial score (nSPS) is 15.4. The number of likely N-dealkylation sites (N-methyl/N-ethyl adjacent to an activating group) is 1. The van der Waals surface area contributed by atoms with Crippen LogP contribution in [0.4, 0.5) is 0 Å². The fraction of sp³-hybridized carbons (Fsp3) is 0.364. The number of rotatable bonds is 6. The first kappa shape index (κ1) is 23.0. The first-order valence-electron chi connectivity index (χ1n) is 9.64. The van der Waals surface area contributed by atoms with Crippen LogP contribution < -0.4 is 15.4 Å². The van der Waals surface area contributed by atoms with Crippen molar-refractivity contribution >= 4 is 35.8 Å². The van der Waals surface area contributed by atoms with Crippen LogP contribution in [0.2, 0.25) is 0 Å². The summed E-state index contributed by atoms with van der Waals surface area (Å²) in [5.41, 5.74) is 2.38. The van der Waals surface area contributed by atoms with Gasteiger partial charge in [0, 0.05) is 32.6 Å². The number of nitrogens with one attached hydrogen (secondary N) is 2. The zero-order valence-corrected chi connectivity index (χ0v) is 19.3. The van der Waals surface area contributed by atoms with Gasteiger partial charge in [-0.05, 0) is 18.1 Å². The van der Waals surface area contributed by atoms with E-state index >= 15 is 0 Å². The Hall–Kier alpha value is -2.29. The quantitative estimate of drug-likeness (QED) is 0.358. The Morgan fingerprint density at radius 2 is 1.86 bits per heavy atom. The lowest BCUT2D eigenvalue weighted by Crippen LogP contribution is -2.42. The van der Waals surface area contributed by atoms with Crippen molar-refractivity contribution in [2.75, 3.05) is 33.8 Å². The molecule has 6 nitrogen and oxygen atoms in total. The number of ether oxygens (including phenoxy) is 1. The summed E-state index contributed by atoms with van der Waals surface area (Å²) in [6.07, 6.45) is 1.73. The highest BCUT2D eigenvalue weighted by Gasteiger charge is 2.22. The topological polar surface area (TPSA) is 66.0 Å². The number of carbonyl (C=O) groups is 1. The number of para-hydroxylation sites is 1. The average molecular weight is 508 g/mol. The Morgan fingerprint density at radius 3 is 2.62 bits per heavy atom. The summed E-state index contributed by atoms with van der Waals surface area (Å²) in [4.78, 5) is 18.0. The van der Waals surface area contributed by atoms with Gasteiger partial charge in [0.05, 0.1) is 12.6 Å². The van der Waals surface area contributed by atoms with Gasteiger partial charge in [-0.2, -0.15) is 0 Å². The van der Waals surface area contributed by atoms with E-state index in [1.54, 1.807) is 19.0 Å². The second-order valence-electron chi connectivity index (χ2n) is 6.99. The van der Waals surface area contributed by atoms with Crippen molar-refractivity contribution in [1.82, 2.24) is 15.5 Å². The number of aliphatic imine (C=N–C) groups is 1. The van der Waals surface area contributed by atoms with E-state index in [-0.39, 0.29) is 42.5 Å². The number of benzene rings is 2. The van der Waals surface area contributed by atoms with Gasteiger partial charge in [0.1, 0.15) is 12.3 Å². The number of carbonyl (C=O) groups excluding carboxylic acids is 1. The molecule has 0 aliphatic carbocycles. The van der Waals surface area contributed by atoms with Crippen molar-refractivity contribution in [2.45, 2.75) is 18.9 Å². The number of hydrogen-bond acceptors (Lipinski definition) is 3. The molecule has 0 radical (unpaired) electrons. The molecule has 0 saturated carbocycles. The molecular weight excluding hydrogens is 479 g/mol. The van der Waals surface area contributed by atoms with Crippen molar-refractivity contribution in [1.29, 1.82) is 0 Å². The van der Waals surface area contributed by atoms with E-state index in [2.05, 4.69) is 33.8 Å². The number of nitrogens with zero attached hydrogens (tertiary/aromatic N) is 2. The van der Waals surface area contributed by atoms with Gasteiger partial charge in [0.15, 0.2) is 5.96 Å². The molecule has 1 atom stereocenters. The van der Waals surface area contributed by atoms with Gasteiger partial charge in [0.25, 0.3) is 0 Å². The summed E-state index contributed by atoms with van der Waals surface area (Å²) in [7, 11) is 3.48. The van der Waals surface area contributed by atoms with Crippen molar-refractivity contribution in [3.63, 3.8) is 0 Å². The van der Waals surface area contributed by atoms with Crippen LogP contribution >= 0.6 is 24.0 Å². The highest BCUT2D eigenvalue weighted by Crippen LogP contribution is 2.31. The molecule has 2 aromatic carbocycles. The molecule has 1 unspecified atom stereocenters. The number of guanidine groups is 1. The first-order valence-corrected chi connectivity index (χ1v) is 9.64. The minimum atomic E-state index is -0.0310. The van der Waals surface area contributed by atoms with Crippen molar-refractivity contribution in [2.24, 2.45) is 4.99 Å². The van der Waals surface area contributed by atoms with Gasteiger partial charge in [-0.1, -0.05) is 48.5 Å². The average Bonchev–Trinajstić information content (AvgIpc) is 2.72. The summed E-state index contributed by atoms with van der Waals surface area (Å²) in [6, 6.07) is 18.4.